The van der Waals surface area contributed by atoms with E-state index in [1.807, 2.05) is 19.2 Å². The van der Waals surface area contributed by atoms with Crippen molar-refractivity contribution in [3.63, 3.8) is 0 Å². The Balaban J connectivity index is 1.45. The highest BCUT2D eigenvalue weighted by atomic mass is 19.1. The predicted octanol–water partition coefficient (Wildman–Crippen LogP) is 2.70. The number of likely N-dealkylation sites (tertiary alicyclic amines) is 1. The summed E-state index contributed by atoms with van der Waals surface area (Å²) < 4.78 is 13.7. The van der Waals surface area contributed by atoms with Gasteiger partial charge in [-0.1, -0.05) is 18.2 Å². The van der Waals surface area contributed by atoms with Gasteiger partial charge in [0.1, 0.15) is 5.82 Å². The summed E-state index contributed by atoms with van der Waals surface area (Å²) in [6.45, 7) is 1.75. The fourth-order valence-corrected chi connectivity index (χ4v) is 3.56. The van der Waals surface area contributed by atoms with Crippen LogP contribution in [0.15, 0.2) is 48.8 Å². The lowest BCUT2D eigenvalue weighted by molar-refractivity contribution is -0.139. The van der Waals surface area contributed by atoms with Gasteiger partial charge < -0.3 is 9.80 Å². The zero-order valence-electron chi connectivity index (χ0n) is 16.2. The van der Waals surface area contributed by atoms with Gasteiger partial charge in [0.15, 0.2) is 0 Å². The maximum absolute atomic E-state index is 13.7. The van der Waals surface area contributed by atoms with Crippen molar-refractivity contribution in [2.24, 2.45) is 5.92 Å². The predicted molar refractivity (Wildman–Crippen MR) is 105 cm³/mol. The summed E-state index contributed by atoms with van der Waals surface area (Å²) in [4.78, 5) is 32.7. The number of hydrogen-bond acceptors (Lipinski definition) is 3. The monoisotopic (exact) mass is 383 g/mol. The Morgan fingerprint density at radius 1 is 1.14 bits per heavy atom. The number of nitrogens with zero attached hydrogens (tertiary/aromatic N) is 3. The van der Waals surface area contributed by atoms with Gasteiger partial charge in [-0.2, -0.15) is 0 Å². The van der Waals surface area contributed by atoms with E-state index in [-0.39, 0.29) is 30.0 Å². The molecule has 1 aliphatic rings. The zero-order chi connectivity index (χ0) is 19.9. The third-order valence-corrected chi connectivity index (χ3v) is 5.36. The van der Waals surface area contributed by atoms with Crippen LogP contribution in [0.3, 0.4) is 0 Å². The Kier molecular flexibility index (Phi) is 6.74. The first-order valence-corrected chi connectivity index (χ1v) is 9.69. The summed E-state index contributed by atoms with van der Waals surface area (Å²) in [6.07, 6.45) is 5.68. The molecular weight excluding hydrogens is 357 g/mol. The lowest BCUT2D eigenvalue weighted by Gasteiger charge is -2.33. The molecule has 0 radical (unpaired) electrons. The summed E-state index contributed by atoms with van der Waals surface area (Å²) in [5, 5.41) is 0. The molecule has 0 spiro atoms. The fourth-order valence-electron chi connectivity index (χ4n) is 3.56. The summed E-state index contributed by atoms with van der Waals surface area (Å²) in [7, 11) is 1.83. The number of pyridine rings is 1. The van der Waals surface area contributed by atoms with E-state index in [0.29, 0.717) is 38.0 Å². The van der Waals surface area contributed by atoms with Crippen molar-refractivity contribution in [1.29, 1.82) is 0 Å². The smallest absolute Gasteiger partial charge is 0.227 e. The SMILES string of the molecule is CN(CCc1ccncc1)C(=O)C1CCN(C(=O)Cc2ccccc2F)CC1. The molecule has 0 bridgehead atoms. The van der Waals surface area contributed by atoms with Crippen molar-refractivity contribution >= 4 is 11.8 Å². The number of piperidine rings is 1. The standard InChI is InChI=1S/C22H26FN3O2/c1-25(13-8-17-6-11-24-12-7-17)22(28)18-9-14-26(15-10-18)21(27)16-19-4-2-3-5-20(19)23/h2-7,11-12,18H,8-10,13-16H2,1H3. The van der Waals surface area contributed by atoms with Crippen LogP contribution in [0.2, 0.25) is 0 Å². The number of amides is 2. The first-order valence-electron chi connectivity index (χ1n) is 9.69. The van der Waals surface area contributed by atoms with Crippen molar-refractivity contribution in [3.8, 4) is 0 Å². The van der Waals surface area contributed by atoms with Crippen LogP contribution in [0, 0.1) is 11.7 Å². The normalized spacial score (nSPS) is 14.7. The van der Waals surface area contributed by atoms with Crippen LogP contribution in [0.4, 0.5) is 4.39 Å². The highest BCUT2D eigenvalue weighted by Gasteiger charge is 2.29. The molecule has 148 valence electrons. The molecule has 2 amide bonds. The molecule has 0 saturated carbocycles. The summed E-state index contributed by atoms with van der Waals surface area (Å²) in [6, 6.07) is 10.3. The second kappa shape index (κ2) is 9.44. The van der Waals surface area contributed by atoms with Crippen LogP contribution in [-0.2, 0) is 22.4 Å². The number of aromatic nitrogens is 1. The molecule has 1 saturated heterocycles. The number of carbonyl (C=O) groups excluding carboxylic acids is 2. The van der Waals surface area contributed by atoms with Gasteiger partial charge in [-0.25, -0.2) is 4.39 Å². The summed E-state index contributed by atoms with van der Waals surface area (Å²) >= 11 is 0. The number of benzene rings is 1. The second-order valence-electron chi connectivity index (χ2n) is 7.29. The van der Waals surface area contributed by atoms with Gasteiger partial charge >= 0.3 is 0 Å². The average molecular weight is 383 g/mol. The van der Waals surface area contributed by atoms with Crippen molar-refractivity contribution in [2.75, 3.05) is 26.7 Å². The lowest BCUT2D eigenvalue weighted by Crippen LogP contribution is -2.44. The van der Waals surface area contributed by atoms with Crippen LogP contribution in [0.5, 0.6) is 0 Å². The van der Waals surface area contributed by atoms with E-state index in [1.54, 1.807) is 40.4 Å². The average Bonchev–Trinajstić information content (AvgIpc) is 2.74. The molecular formula is C22H26FN3O2. The molecule has 2 heterocycles. The molecule has 1 fully saturated rings. The maximum atomic E-state index is 13.7. The fraction of sp³-hybridized carbons (Fsp3) is 0.409. The Morgan fingerprint density at radius 2 is 1.82 bits per heavy atom. The second-order valence-corrected chi connectivity index (χ2v) is 7.29. The van der Waals surface area contributed by atoms with Crippen LogP contribution in [0.1, 0.15) is 24.0 Å². The Hall–Kier alpha value is -2.76. The molecule has 5 nitrogen and oxygen atoms in total. The van der Waals surface area contributed by atoms with E-state index < -0.39 is 0 Å². The maximum Gasteiger partial charge on any atom is 0.227 e. The van der Waals surface area contributed by atoms with Crippen LogP contribution in [-0.4, -0.2) is 53.3 Å². The molecule has 0 aliphatic carbocycles. The minimum atomic E-state index is -0.350. The molecule has 3 rings (SSSR count). The van der Waals surface area contributed by atoms with Crippen molar-refractivity contribution < 1.29 is 14.0 Å². The van der Waals surface area contributed by atoms with E-state index >= 15 is 0 Å². The number of rotatable bonds is 6. The number of hydrogen-bond donors (Lipinski definition) is 0. The van der Waals surface area contributed by atoms with E-state index in [0.717, 1.165) is 12.0 Å². The lowest BCUT2D eigenvalue weighted by atomic mass is 9.94. The molecule has 1 aliphatic heterocycles. The highest BCUT2D eigenvalue weighted by Crippen LogP contribution is 2.20. The third-order valence-electron chi connectivity index (χ3n) is 5.36. The number of halogens is 1. The third kappa shape index (κ3) is 5.15. The van der Waals surface area contributed by atoms with Gasteiger partial charge in [0, 0.05) is 45.0 Å². The molecule has 0 atom stereocenters. The quantitative estimate of drug-likeness (QED) is 0.771. The Labute approximate surface area is 165 Å². The molecule has 0 unspecified atom stereocenters. The molecule has 1 aromatic carbocycles. The van der Waals surface area contributed by atoms with Crippen LogP contribution >= 0.6 is 0 Å². The van der Waals surface area contributed by atoms with Crippen molar-refractivity contribution in [1.82, 2.24) is 14.8 Å². The van der Waals surface area contributed by atoms with Crippen molar-refractivity contribution in [2.45, 2.75) is 25.7 Å². The van der Waals surface area contributed by atoms with Gasteiger partial charge in [-0.15, -0.1) is 0 Å². The molecule has 28 heavy (non-hydrogen) atoms. The summed E-state index contributed by atoms with van der Waals surface area (Å²) in [5.41, 5.74) is 1.57. The van der Waals surface area contributed by atoms with Gasteiger partial charge in [0.2, 0.25) is 11.8 Å². The number of likely N-dealkylation sites (N-methyl/N-ethyl adjacent to an activating group) is 1. The van der Waals surface area contributed by atoms with E-state index in [1.165, 1.54) is 6.07 Å². The minimum absolute atomic E-state index is 0.0556. The van der Waals surface area contributed by atoms with E-state index in [2.05, 4.69) is 4.98 Å². The Morgan fingerprint density at radius 3 is 2.50 bits per heavy atom. The largest absolute Gasteiger partial charge is 0.345 e. The highest BCUT2D eigenvalue weighted by molar-refractivity contribution is 5.81. The van der Waals surface area contributed by atoms with Gasteiger partial charge in [0.05, 0.1) is 6.42 Å². The van der Waals surface area contributed by atoms with Crippen LogP contribution in [0.25, 0.3) is 0 Å². The van der Waals surface area contributed by atoms with Gasteiger partial charge in [0.25, 0.3) is 0 Å². The van der Waals surface area contributed by atoms with Crippen molar-refractivity contribution in [3.05, 3.63) is 65.7 Å². The molecule has 2 aromatic rings. The number of carbonyl (C=O) groups is 2. The first kappa shape index (κ1) is 20.0. The van der Waals surface area contributed by atoms with Crippen LogP contribution < -0.4 is 0 Å². The van der Waals surface area contributed by atoms with Gasteiger partial charge in [-0.05, 0) is 48.6 Å². The zero-order valence-corrected chi connectivity index (χ0v) is 16.2. The molecule has 1 aromatic heterocycles. The van der Waals surface area contributed by atoms with E-state index in [4.69, 9.17) is 0 Å². The topological polar surface area (TPSA) is 53.5 Å². The molecule has 6 heteroatoms. The Bertz CT molecular complexity index is 804. The first-order chi connectivity index (χ1) is 13.5. The van der Waals surface area contributed by atoms with E-state index in [9.17, 15) is 14.0 Å². The minimum Gasteiger partial charge on any atom is -0.345 e. The van der Waals surface area contributed by atoms with Gasteiger partial charge in [-0.3, -0.25) is 14.6 Å². The summed E-state index contributed by atoms with van der Waals surface area (Å²) in [5.74, 6) is -0.353. The molecule has 0 N–H and O–H groups in total.